The maximum atomic E-state index is 11.7. The van der Waals surface area contributed by atoms with E-state index in [0.29, 0.717) is 24.8 Å². The Kier molecular flexibility index (Phi) is 7.23. The SMILES string of the molecule is COC(=O)C1=CC=CC=C([C@@H](O)CCCC(=O)OC(C)(C)C)C1. The molecule has 0 aromatic rings. The lowest BCUT2D eigenvalue weighted by Gasteiger charge is -2.20. The van der Waals surface area contributed by atoms with Crippen LogP contribution in [0, 0.1) is 0 Å². The molecule has 0 amide bonds. The van der Waals surface area contributed by atoms with Gasteiger partial charge in [-0.25, -0.2) is 4.79 Å². The van der Waals surface area contributed by atoms with Crippen LogP contribution in [-0.2, 0) is 19.1 Å². The predicted octanol–water partition coefficient (Wildman–Crippen LogP) is 2.85. The van der Waals surface area contributed by atoms with Crippen molar-refractivity contribution in [3.63, 3.8) is 0 Å². The minimum Gasteiger partial charge on any atom is -0.466 e. The second-order valence-corrected chi connectivity index (χ2v) is 6.48. The molecule has 0 aromatic heterocycles. The van der Waals surface area contributed by atoms with Gasteiger partial charge in [-0.05, 0) is 39.2 Å². The molecular weight excluding hydrogens is 296 g/mol. The molecule has 0 bridgehead atoms. The number of carbonyl (C=O) groups excluding carboxylic acids is 2. The normalized spacial score (nSPS) is 16.0. The fraction of sp³-hybridized carbons (Fsp3) is 0.556. The minimum absolute atomic E-state index is 0.261. The van der Waals surface area contributed by atoms with E-state index >= 15 is 0 Å². The maximum Gasteiger partial charge on any atom is 0.334 e. The highest BCUT2D eigenvalue weighted by atomic mass is 16.6. The Morgan fingerprint density at radius 1 is 1.26 bits per heavy atom. The van der Waals surface area contributed by atoms with E-state index in [1.807, 2.05) is 20.8 Å². The van der Waals surface area contributed by atoms with Crippen LogP contribution in [-0.4, -0.2) is 35.9 Å². The third-order valence-electron chi connectivity index (χ3n) is 3.27. The fourth-order valence-corrected chi connectivity index (χ4v) is 2.21. The van der Waals surface area contributed by atoms with E-state index in [4.69, 9.17) is 9.47 Å². The van der Waals surface area contributed by atoms with Crippen LogP contribution in [0.15, 0.2) is 35.5 Å². The van der Waals surface area contributed by atoms with Gasteiger partial charge in [0.15, 0.2) is 0 Å². The predicted molar refractivity (Wildman–Crippen MR) is 87.6 cm³/mol. The summed E-state index contributed by atoms with van der Waals surface area (Å²) in [7, 11) is 1.33. The lowest BCUT2D eigenvalue weighted by atomic mass is 9.97. The van der Waals surface area contributed by atoms with E-state index in [9.17, 15) is 14.7 Å². The molecule has 0 fully saturated rings. The summed E-state index contributed by atoms with van der Waals surface area (Å²) in [6, 6.07) is 0. The average molecular weight is 322 g/mol. The van der Waals surface area contributed by atoms with Gasteiger partial charge in [-0.2, -0.15) is 0 Å². The second kappa shape index (κ2) is 8.67. The number of esters is 2. The van der Waals surface area contributed by atoms with Crippen molar-refractivity contribution in [2.75, 3.05) is 7.11 Å². The number of methoxy groups -OCH3 is 1. The third-order valence-corrected chi connectivity index (χ3v) is 3.27. The molecule has 0 heterocycles. The fourth-order valence-electron chi connectivity index (χ4n) is 2.21. The highest BCUT2D eigenvalue weighted by Gasteiger charge is 2.19. The second-order valence-electron chi connectivity index (χ2n) is 6.48. The molecule has 5 nitrogen and oxygen atoms in total. The zero-order valence-corrected chi connectivity index (χ0v) is 14.3. The van der Waals surface area contributed by atoms with Crippen molar-refractivity contribution >= 4 is 11.9 Å². The van der Waals surface area contributed by atoms with Gasteiger partial charge < -0.3 is 14.6 Å². The highest BCUT2D eigenvalue weighted by molar-refractivity contribution is 5.89. The number of aliphatic hydroxyl groups is 1. The number of aliphatic hydroxyl groups excluding tert-OH is 1. The molecular formula is C18H26O5. The van der Waals surface area contributed by atoms with Crippen LogP contribution in [0.5, 0.6) is 0 Å². The van der Waals surface area contributed by atoms with Gasteiger partial charge >= 0.3 is 11.9 Å². The van der Waals surface area contributed by atoms with E-state index in [1.54, 1.807) is 24.3 Å². The molecule has 0 aromatic carbocycles. The molecule has 5 heteroatoms. The van der Waals surface area contributed by atoms with Crippen LogP contribution in [0.25, 0.3) is 0 Å². The summed E-state index contributed by atoms with van der Waals surface area (Å²) in [6.45, 7) is 5.47. The summed E-state index contributed by atoms with van der Waals surface area (Å²) in [5.41, 5.74) is 0.739. The molecule has 1 aliphatic rings. The van der Waals surface area contributed by atoms with Gasteiger partial charge in [0.2, 0.25) is 0 Å². The molecule has 128 valence electrons. The van der Waals surface area contributed by atoms with Crippen LogP contribution in [0.1, 0.15) is 46.5 Å². The highest BCUT2D eigenvalue weighted by Crippen LogP contribution is 2.22. The van der Waals surface area contributed by atoms with Gasteiger partial charge in [-0.3, -0.25) is 4.79 Å². The molecule has 0 saturated heterocycles. The average Bonchev–Trinajstić information content (AvgIpc) is 2.70. The molecule has 1 N–H and O–H groups in total. The van der Waals surface area contributed by atoms with Crippen LogP contribution >= 0.6 is 0 Å². The van der Waals surface area contributed by atoms with Gasteiger partial charge in [-0.1, -0.05) is 24.3 Å². The first kappa shape index (κ1) is 19.2. The standard InChI is InChI=1S/C18H26O5/c1-18(2,3)23-16(20)11-7-10-15(19)13-8-5-6-9-14(12-13)17(21)22-4/h5-6,8-9,15,19H,7,10-12H2,1-4H3/t15-/m0/s1. The summed E-state index contributed by atoms with van der Waals surface area (Å²) in [6.07, 6.45) is 7.86. The van der Waals surface area contributed by atoms with Crippen LogP contribution in [0.2, 0.25) is 0 Å². The lowest BCUT2D eigenvalue weighted by Crippen LogP contribution is -2.24. The van der Waals surface area contributed by atoms with E-state index < -0.39 is 17.7 Å². The lowest BCUT2D eigenvalue weighted by molar-refractivity contribution is -0.155. The van der Waals surface area contributed by atoms with Crippen molar-refractivity contribution in [1.82, 2.24) is 0 Å². The van der Waals surface area contributed by atoms with Crippen molar-refractivity contribution in [1.29, 1.82) is 0 Å². The van der Waals surface area contributed by atoms with Gasteiger partial charge in [0.05, 0.1) is 13.2 Å². The molecule has 0 unspecified atom stereocenters. The first-order valence-electron chi connectivity index (χ1n) is 7.77. The number of allylic oxidation sites excluding steroid dienone is 4. The number of ether oxygens (including phenoxy) is 2. The van der Waals surface area contributed by atoms with Crippen LogP contribution < -0.4 is 0 Å². The topological polar surface area (TPSA) is 72.8 Å². The van der Waals surface area contributed by atoms with Gasteiger partial charge in [-0.15, -0.1) is 0 Å². The molecule has 0 radical (unpaired) electrons. The van der Waals surface area contributed by atoms with Gasteiger partial charge in [0.25, 0.3) is 0 Å². The summed E-state index contributed by atoms with van der Waals surface area (Å²) in [4.78, 5) is 23.3. The summed E-state index contributed by atoms with van der Waals surface area (Å²) < 4.78 is 9.95. The summed E-state index contributed by atoms with van der Waals surface area (Å²) in [5, 5.41) is 10.3. The molecule has 0 spiro atoms. The van der Waals surface area contributed by atoms with E-state index in [2.05, 4.69) is 0 Å². The zero-order chi connectivity index (χ0) is 17.5. The van der Waals surface area contributed by atoms with Crippen molar-refractivity contribution in [2.24, 2.45) is 0 Å². The van der Waals surface area contributed by atoms with Crippen molar-refractivity contribution in [3.8, 4) is 0 Å². The smallest absolute Gasteiger partial charge is 0.334 e. The molecule has 23 heavy (non-hydrogen) atoms. The maximum absolute atomic E-state index is 11.7. The van der Waals surface area contributed by atoms with Crippen molar-refractivity contribution in [2.45, 2.75) is 58.2 Å². The number of carbonyl (C=O) groups is 2. The van der Waals surface area contributed by atoms with Crippen molar-refractivity contribution in [3.05, 3.63) is 35.5 Å². The first-order valence-corrected chi connectivity index (χ1v) is 7.77. The Balaban J connectivity index is 2.49. The number of hydrogen-bond acceptors (Lipinski definition) is 5. The first-order chi connectivity index (χ1) is 10.7. The molecule has 1 atom stereocenters. The summed E-state index contributed by atoms with van der Waals surface area (Å²) >= 11 is 0. The van der Waals surface area contributed by atoms with Gasteiger partial charge in [0.1, 0.15) is 5.60 Å². The van der Waals surface area contributed by atoms with Crippen LogP contribution in [0.3, 0.4) is 0 Å². The Bertz CT molecular complexity index is 520. The zero-order valence-electron chi connectivity index (χ0n) is 14.3. The van der Waals surface area contributed by atoms with E-state index in [0.717, 1.165) is 5.57 Å². The van der Waals surface area contributed by atoms with E-state index in [-0.39, 0.29) is 12.4 Å². The minimum atomic E-state index is -0.701. The number of rotatable bonds is 6. The summed E-state index contributed by atoms with van der Waals surface area (Å²) in [5.74, 6) is -0.669. The Morgan fingerprint density at radius 2 is 1.91 bits per heavy atom. The van der Waals surface area contributed by atoms with Gasteiger partial charge in [0, 0.05) is 18.4 Å². The third kappa shape index (κ3) is 7.28. The largest absolute Gasteiger partial charge is 0.466 e. The number of hydrogen-bond donors (Lipinski definition) is 1. The van der Waals surface area contributed by atoms with Crippen LogP contribution in [0.4, 0.5) is 0 Å². The molecule has 0 saturated carbocycles. The molecule has 1 rings (SSSR count). The Morgan fingerprint density at radius 3 is 2.52 bits per heavy atom. The Labute approximate surface area is 137 Å². The quantitative estimate of drug-likeness (QED) is 0.761. The van der Waals surface area contributed by atoms with Crippen molar-refractivity contribution < 1.29 is 24.2 Å². The molecule has 0 aliphatic heterocycles. The Hall–Kier alpha value is -1.88. The van der Waals surface area contributed by atoms with E-state index in [1.165, 1.54) is 7.11 Å². The molecule has 1 aliphatic carbocycles. The monoisotopic (exact) mass is 322 g/mol.